The molecule has 0 bridgehead atoms. The number of rotatable bonds is 10. The SMILES string of the molecule is O=C(O)C(C1CCCCC1)N1CC(CN2CCC(O)(CCCc3ccc4ccccc4c3)CC2)C(c2ccccc2)C1. The van der Waals surface area contributed by atoms with Crippen molar-refractivity contribution in [1.29, 1.82) is 0 Å². The van der Waals surface area contributed by atoms with Crippen molar-refractivity contribution in [2.45, 2.75) is 81.8 Å². The molecule has 42 heavy (non-hydrogen) atoms. The predicted octanol–water partition coefficient (Wildman–Crippen LogP) is 6.74. The highest BCUT2D eigenvalue weighted by atomic mass is 16.4. The largest absolute Gasteiger partial charge is 0.480 e. The van der Waals surface area contributed by atoms with Crippen LogP contribution < -0.4 is 0 Å². The molecule has 0 aromatic heterocycles. The topological polar surface area (TPSA) is 64.0 Å². The molecule has 5 heteroatoms. The molecular formula is C37H48N2O3. The zero-order valence-electron chi connectivity index (χ0n) is 25.0. The Kier molecular flexibility index (Phi) is 9.28. The smallest absolute Gasteiger partial charge is 0.321 e. The number of aryl methyl sites for hydroxylation is 1. The van der Waals surface area contributed by atoms with Crippen LogP contribution >= 0.6 is 0 Å². The minimum Gasteiger partial charge on any atom is -0.480 e. The van der Waals surface area contributed by atoms with Crippen molar-refractivity contribution in [3.05, 3.63) is 83.9 Å². The zero-order chi connectivity index (χ0) is 28.9. The highest BCUT2D eigenvalue weighted by molar-refractivity contribution is 5.83. The number of carbonyl (C=O) groups is 1. The Balaban J connectivity index is 1.05. The first-order valence-electron chi connectivity index (χ1n) is 16.4. The van der Waals surface area contributed by atoms with E-state index >= 15 is 0 Å². The van der Waals surface area contributed by atoms with Crippen molar-refractivity contribution in [1.82, 2.24) is 9.80 Å². The molecule has 5 nitrogen and oxygen atoms in total. The summed E-state index contributed by atoms with van der Waals surface area (Å²) in [7, 11) is 0. The number of hydrogen-bond donors (Lipinski definition) is 2. The third kappa shape index (κ3) is 6.90. The highest BCUT2D eigenvalue weighted by Crippen LogP contribution is 2.39. The van der Waals surface area contributed by atoms with Gasteiger partial charge in [-0.1, -0.05) is 92.1 Å². The van der Waals surface area contributed by atoms with Crippen molar-refractivity contribution >= 4 is 16.7 Å². The Hall–Kier alpha value is -2.73. The molecule has 0 amide bonds. The molecule has 3 aromatic rings. The van der Waals surface area contributed by atoms with E-state index in [1.807, 2.05) is 0 Å². The molecule has 0 radical (unpaired) electrons. The summed E-state index contributed by atoms with van der Waals surface area (Å²) in [6, 6.07) is 25.6. The maximum Gasteiger partial charge on any atom is 0.321 e. The van der Waals surface area contributed by atoms with Crippen molar-refractivity contribution < 1.29 is 15.0 Å². The summed E-state index contributed by atoms with van der Waals surface area (Å²) in [5.41, 5.74) is 2.10. The van der Waals surface area contributed by atoms with E-state index in [1.165, 1.54) is 28.3 Å². The van der Waals surface area contributed by atoms with Gasteiger partial charge >= 0.3 is 5.97 Å². The van der Waals surface area contributed by atoms with Crippen LogP contribution in [0.25, 0.3) is 10.8 Å². The van der Waals surface area contributed by atoms with Crippen LogP contribution in [0.4, 0.5) is 0 Å². The second kappa shape index (κ2) is 13.3. The summed E-state index contributed by atoms with van der Waals surface area (Å²) in [4.78, 5) is 17.4. The van der Waals surface area contributed by atoms with Crippen LogP contribution in [0.15, 0.2) is 72.8 Å². The van der Waals surface area contributed by atoms with Gasteiger partial charge < -0.3 is 15.1 Å². The molecule has 6 rings (SSSR count). The van der Waals surface area contributed by atoms with Crippen LogP contribution in [-0.4, -0.2) is 70.3 Å². The minimum absolute atomic E-state index is 0.269. The normalized spacial score (nSPS) is 24.6. The summed E-state index contributed by atoms with van der Waals surface area (Å²) in [5.74, 6) is 0.378. The van der Waals surface area contributed by atoms with Gasteiger partial charge in [-0.25, -0.2) is 0 Å². The lowest BCUT2D eigenvalue weighted by Crippen LogP contribution is -2.47. The predicted molar refractivity (Wildman–Crippen MR) is 170 cm³/mol. The molecule has 2 aliphatic heterocycles. The molecule has 224 valence electrons. The molecule has 3 unspecified atom stereocenters. The highest BCUT2D eigenvalue weighted by Gasteiger charge is 2.43. The van der Waals surface area contributed by atoms with E-state index in [4.69, 9.17) is 0 Å². The second-order valence-corrected chi connectivity index (χ2v) is 13.5. The first-order valence-corrected chi connectivity index (χ1v) is 16.4. The molecule has 1 saturated carbocycles. The average Bonchev–Trinajstić information content (AvgIpc) is 3.42. The van der Waals surface area contributed by atoms with Gasteiger partial charge in [0.1, 0.15) is 6.04 Å². The molecule has 2 N–H and O–H groups in total. The summed E-state index contributed by atoms with van der Waals surface area (Å²) in [6.45, 7) is 4.47. The van der Waals surface area contributed by atoms with E-state index in [0.29, 0.717) is 11.8 Å². The summed E-state index contributed by atoms with van der Waals surface area (Å²) in [6.07, 6.45) is 10.1. The standard InChI is InChI=1S/C37H48N2O3/c40-36(41)35(31-14-5-2-6-15-31)39-26-33(34(27-39)30-12-3-1-4-13-30)25-38-22-20-37(42,21-23-38)19-9-10-28-17-18-29-11-7-8-16-32(29)24-28/h1,3-4,7-8,11-13,16-18,24,31,33-35,42H,2,5-6,9-10,14-15,19-23,25-27H2,(H,40,41). The summed E-state index contributed by atoms with van der Waals surface area (Å²) >= 11 is 0. The Labute approximate surface area is 251 Å². The van der Waals surface area contributed by atoms with Crippen molar-refractivity contribution in [2.75, 3.05) is 32.7 Å². The van der Waals surface area contributed by atoms with Gasteiger partial charge in [0.05, 0.1) is 5.60 Å². The van der Waals surface area contributed by atoms with Gasteiger partial charge in [-0.2, -0.15) is 0 Å². The molecular weight excluding hydrogens is 520 g/mol. The van der Waals surface area contributed by atoms with Gasteiger partial charge in [0.25, 0.3) is 0 Å². The number of carboxylic acids is 1. The quantitative estimate of drug-likeness (QED) is 0.284. The van der Waals surface area contributed by atoms with Gasteiger partial charge in [0.15, 0.2) is 0 Å². The molecule has 2 saturated heterocycles. The number of benzene rings is 3. The first-order chi connectivity index (χ1) is 20.5. The van der Waals surface area contributed by atoms with Gasteiger partial charge in [0.2, 0.25) is 0 Å². The Morgan fingerprint density at radius 2 is 1.60 bits per heavy atom. The van der Waals surface area contributed by atoms with Crippen LogP contribution in [-0.2, 0) is 11.2 Å². The van der Waals surface area contributed by atoms with Gasteiger partial charge in [0, 0.05) is 38.6 Å². The van der Waals surface area contributed by atoms with Crippen LogP contribution in [0.2, 0.25) is 0 Å². The fourth-order valence-corrected chi connectivity index (χ4v) is 8.25. The van der Waals surface area contributed by atoms with E-state index in [1.54, 1.807) is 0 Å². The molecule has 3 fully saturated rings. The fourth-order valence-electron chi connectivity index (χ4n) is 8.25. The van der Waals surface area contributed by atoms with E-state index in [9.17, 15) is 15.0 Å². The molecule has 3 aromatic carbocycles. The monoisotopic (exact) mass is 568 g/mol. The molecule has 2 heterocycles. The number of nitrogens with zero attached hydrogens (tertiary/aromatic N) is 2. The third-order valence-electron chi connectivity index (χ3n) is 10.6. The number of carboxylic acid groups (broad SMARTS) is 1. The Bertz CT molecular complexity index is 1310. The van der Waals surface area contributed by atoms with Crippen LogP contribution in [0, 0.1) is 11.8 Å². The molecule has 3 atom stereocenters. The van der Waals surface area contributed by atoms with Crippen molar-refractivity contribution in [3.63, 3.8) is 0 Å². The summed E-state index contributed by atoms with van der Waals surface area (Å²) in [5, 5.41) is 24.3. The van der Waals surface area contributed by atoms with E-state index in [2.05, 4.69) is 82.6 Å². The Morgan fingerprint density at radius 1 is 0.881 bits per heavy atom. The van der Waals surface area contributed by atoms with Crippen molar-refractivity contribution in [2.24, 2.45) is 11.8 Å². The van der Waals surface area contributed by atoms with Gasteiger partial charge in [-0.3, -0.25) is 9.69 Å². The lowest BCUT2D eigenvalue weighted by atomic mass is 9.83. The summed E-state index contributed by atoms with van der Waals surface area (Å²) < 4.78 is 0. The number of piperidine rings is 1. The van der Waals surface area contributed by atoms with Gasteiger partial charge in [-0.05, 0) is 78.7 Å². The van der Waals surface area contributed by atoms with Crippen LogP contribution in [0.3, 0.4) is 0 Å². The number of likely N-dealkylation sites (tertiary alicyclic amines) is 2. The number of aliphatic hydroxyl groups is 1. The lowest BCUT2D eigenvalue weighted by Gasteiger charge is -2.40. The molecule has 0 spiro atoms. The van der Waals surface area contributed by atoms with Crippen LogP contribution in [0.5, 0.6) is 0 Å². The number of aliphatic carboxylic acids is 1. The molecule has 1 aliphatic carbocycles. The van der Waals surface area contributed by atoms with E-state index < -0.39 is 11.6 Å². The van der Waals surface area contributed by atoms with Crippen molar-refractivity contribution in [3.8, 4) is 0 Å². The average molecular weight is 569 g/mol. The minimum atomic E-state index is -0.638. The molecule has 3 aliphatic rings. The second-order valence-electron chi connectivity index (χ2n) is 13.5. The maximum absolute atomic E-state index is 12.6. The van der Waals surface area contributed by atoms with Gasteiger partial charge in [-0.15, -0.1) is 0 Å². The van der Waals surface area contributed by atoms with E-state index in [-0.39, 0.29) is 12.0 Å². The third-order valence-corrected chi connectivity index (χ3v) is 10.6. The van der Waals surface area contributed by atoms with E-state index in [0.717, 1.165) is 90.5 Å². The number of fused-ring (bicyclic) bond motifs is 1. The lowest BCUT2D eigenvalue weighted by molar-refractivity contribution is -0.145. The Morgan fingerprint density at radius 3 is 2.33 bits per heavy atom. The van der Waals surface area contributed by atoms with Crippen LogP contribution in [0.1, 0.15) is 74.8 Å². The fraction of sp³-hybridized carbons (Fsp3) is 0.541. The first kappa shape index (κ1) is 29.3. The zero-order valence-corrected chi connectivity index (χ0v) is 25.0. The maximum atomic E-state index is 12.6. The number of hydrogen-bond acceptors (Lipinski definition) is 4.